The number of amides is 2. The Bertz CT molecular complexity index is 294. The summed E-state index contributed by atoms with van der Waals surface area (Å²) in [7, 11) is 0. The van der Waals surface area contributed by atoms with Crippen molar-refractivity contribution in [2.45, 2.75) is 57.9 Å². The van der Waals surface area contributed by atoms with E-state index < -0.39 is 24.4 Å². The van der Waals surface area contributed by atoms with Crippen LogP contribution in [0.4, 0.5) is 31.1 Å². The van der Waals surface area contributed by atoms with Gasteiger partial charge in [-0.2, -0.15) is 26.3 Å². The monoisotopic (exact) mass is 322 g/mol. The van der Waals surface area contributed by atoms with Gasteiger partial charge in [0.05, 0.1) is 0 Å². The summed E-state index contributed by atoms with van der Waals surface area (Å²) < 4.78 is 74.3. The quantitative estimate of drug-likeness (QED) is 0.704. The molecule has 21 heavy (non-hydrogen) atoms. The van der Waals surface area contributed by atoms with Gasteiger partial charge >= 0.3 is 18.4 Å². The zero-order chi connectivity index (χ0) is 16.7. The topological polar surface area (TPSA) is 32.3 Å². The van der Waals surface area contributed by atoms with E-state index in [0.717, 1.165) is 10.2 Å². The molecule has 0 unspecified atom stereocenters. The number of urea groups is 1. The van der Waals surface area contributed by atoms with E-state index in [2.05, 4.69) is 0 Å². The van der Waals surface area contributed by atoms with Gasteiger partial charge in [-0.05, 0) is 12.8 Å². The normalized spacial score (nSPS) is 12.6. The Morgan fingerprint density at radius 3 is 1.62 bits per heavy atom. The van der Waals surface area contributed by atoms with Crippen LogP contribution in [0.2, 0.25) is 0 Å². The maximum absolute atomic E-state index is 12.4. The van der Waals surface area contributed by atoms with Gasteiger partial charge in [0.15, 0.2) is 0 Å². The van der Waals surface area contributed by atoms with Crippen LogP contribution < -0.4 is 5.32 Å². The number of carbonyl (C=O) groups excluding carboxylic acids is 1. The fourth-order valence-corrected chi connectivity index (χ4v) is 1.58. The fraction of sp³-hybridized carbons (Fsp3) is 0.917. The molecule has 3 nitrogen and oxygen atoms in total. The molecule has 0 atom stereocenters. The molecule has 0 rings (SSSR count). The second-order valence-electron chi connectivity index (χ2n) is 4.66. The van der Waals surface area contributed by atoms with Crippen molar-refractivity contribution in [3.8, 4) is 0 Å². The lowest BCUT2D eigenvalue weighted by Crippen LogP contribution is -2.57. The van der Waals surface area contributed by atoms with Crippen molar-refractivity contribution in [3.05, 3.63) is 0 Å². The lowest BCUT2D eigenvalue weighted by atomic mass is 10.2. The molecule has 2 amide bonds. The van der Waals surface area contributed by atoms with E-state index in [1.807, 2.05) is 13.8 Å². The lowest BCUT2D eigenvalue weighted by Gasteiger charge is -2.28. The van der Waals surface area contributed by atoms with E-state index in [-0.39, 0.29) is 13.1 Å². The summed E-state index contributed by atoms with van der Waals surface area (Å²) >= 11 is 0. The summed E-state index contributed by atoms with van der Waals surface area (Å²) in [4.78, 5) is 12.7. The summed E-state index contributed by atoms with van der Waals surface area (Å²) in [6.07, 6.45) is -8.76. The van der Waals surface area contributed by atoms with Crippen molar-refractivity contribution in [2.75, 3.05) is 13.1 Å². The van der Waals surface area contributed by atoms with Gasteiger partial charge in [-0.1, -0.05) is 26.7 Å². The minimum absolute atomic E-state index is 0.130. The molecule has 0 aromatic carbocycles. The summed E-state index contributed by atoms with van der Waals surface area (Å²) in [5.74, 6) is 0. The van der Waals surface area contributed by atoms with Crippen LogP contribution in [0, 0.1) is 0 Å². The van der Waals surface area contributed by atoms with Gasteiger partial charge in [0, 0.05) is 13.1 Å². The molecule has 0 saturated carbocycles. The van der Waals surface area contributed by atoms with E-state index in [0.29, 0.717) is 25.7 Å². The predicted molar refractivity (Wildman–Crippen MR) is 65.8 cm³/mol. The standard InChI is InChI=1S/C12H20F6N2O/c1-3-5-7-20(8-6-4-2)10(21)19-9(11(13,14)15)12(16,17)18/h9H,3-8H2,1-2H3,(H,19,21). The zero-order valence-corrected chi connectivity index (χ0v) is 11.9. The Balaban J connectivity index is 4.89. The van der Waals surface area contributed by atoms with Crippen LogP contribution >= 0.6 is 0 Å². The molecule has 0 aromatic heterocycles. The first-order valence-electron chi connectivity index (χ1n) is 6.72. The van der Waals surface area contributed by atoms with Gasteiger partial charge in [0.25, 0.3) is 0 Å². The van der Waals surface area contributed by atoms with Gasteiger partial charge in [0.1, 0.15) is 0 Å². The molecule has 0 saturated heterocycles. The Morgan fingerprint density at radius 1 is 0.952 bits per heavy atom. The largest absolute Gasteiger partial charge is 0.417 e. The molecule has 1 N–H and O–H groups in total. The number of hydrogen-bond donors (Lipinski definition) is 1. The lowest BCUT2D eigenvalue weighted by molar-refractivity contribution is -0.255. The first-order chi connectivity index (χ1) is 9.54. The van der Waals surface area contributed by atoms with Gasteiger partial charge in [-0.15, -0.1) is 0 Å². The first-order valence-corrected chi connectivity index (χ1v) is 6.72. The first kappa shape index (κ1) is 19.9. The van der Waals surface area contributed by atoms with Gasteiger partial charge in [0.2, 0.25) is 6.04 Å². The van der Waals surface area contributed by atoms with E-state index >= 15 is 0 Å². The van der Waals surface area contributed by atoms with Crippen molar-refractivity contribution < 1.29 is 31.1 Å². The SMILES string of the molecule is CCCCN(CCCC)C(=O)NC(C(F)(F)F)C(F)(F)F. The maximum Gasteiger partial charge on any atom is 0.417 e. The fourth-order valence-electron chi connectivity index (χ4n) is 1.58. The van der Waals surface area contributed by atoms with E-state index in [9.17, 15) is 31.1 Å². The molecule has 0 spiro atoms. The Hall–Kier alpha value is -1.15. The van der Waals surface area contributed by atoms with Crippen LogP contribution in [-0.2, 0) is 0 Å². The molecular formula is C12H20F6N2O. The van der Waals surface area contributed by atoms with Crippen molar-refractivity contribution in [1.29, 1.82) is 0 Å². The molecule has 0 aliphatic rings. The summed E-state index contributed by atoms with van der Waals surface area (Å²) in [5, 5.41) is 1.05. The van der Waals surface area contributed by atoms with Crippen molar-refractivity contribution in [2.24, 2.45) is 0 Å². The average Bonchev–Trinajstić information content (AvgIpc) is 2.33. The van der Waals surface area contributed by atoms with Crippen LogP contribution in [-0.4, -0.2) is 42.4 Å². The van der Waals surface area contributed by atoms with Crippen LogP contribution in [0.25, 0.3) is 0 Å². The van der Waals surface area contributed by atoms with Gasteiger partial charge in [-0.3, -0.25) is 0 Å². The van der Waals surface area contributed by atoms with Crippen LogP contribution in [0.5, 0.6) is 0 Å². The smallest absolute Gasteiger partial charge is 0.325 e. The Kier molecular flexibility index (Phi) is 7.87. The van der Waals surface area contributed by atoms with Gasteiger partial charge < -0.3 is 10.2 Å². The molecule has 9 heteroatoms. The van der Waals surface area contributed by atoms with Crippen LogP contribution in [0.1, 0.15) is 39.5 Å². The second kappa shape index (κ2) is 8.33. The number of nitrogens with zero attached hydrogens (tertiary/aromatic N) is 1. The summed E-state index contributed by atoms with van der Waals surface area (Å²) in [5.41, 5.74) is 0. The zero-order valence-electron chi connectivity index (χ0n) is 11.9. The number of halogens is 6. The highest BCUT2D eigenvalue weighted by atomic mass is 19.4. The highest BCUT2D eigenvalue weighted by Gasteiger charge is 2.57. The number of nitrogens with one attached hydrogen (secondary N) is 1. The molecule has 0 aliphatic heterocycles. The highest BCUT2D eigenvalue weighted by molar-refractivity contribution is 5.74. The van der Waals surface area contributed by atoms with Crippen molar-refractivity contribution >= 4 is 6.03 Å². The third-order valence-electron chi connectivity index (χ3n) is 2.77. The molecule has 0 bridgehead atoms. The average molecular weight is 322 g/mol. The number of carbonyl (C=O) groups is 1. The second-order valence-corrected chi connectivity index (χ2v) is 4.66. The molecule has 0 aromatic rings. The van der Waals surface area contributed by atoms with E-state index in [4.69, 9.17) is 0 Å². The van der Waals surface area contributed by atoms with Crippen LogP contribution in [0.15, 0.2) is 0 Å². The van der Waals surface area contributed by atoms with Crippen molar-refractivity contribution in [1.82, 2.24) is 10.2 Å². The van der Waals surface area contributed by atoms with E-state index in [1.165, 1.54) is 0 Å². The van der Waals surface area contributed by atoms with Crippen LogP contribution in [0.3, 0.4) is 0 Å². The van der Waals surface area contributed by atoms with Crippen molar-refractivity contribution in [3.63, 3.8) is 0 Å². The predicted octanol–water partition coefficient (Wildman–Crippen LogP) is 4.09. The maximum atomic E-state index is 12.4. The third kappa shape index (κ3) is 7.42. The summed E-state index contributed by atoms with van der Waals surface area (Å²) in [6.45, 7) is 3.88. The van der Waals surface area contributed by atoms with E-state index in [1.54, 1.807) is 0 Å². The number of hydrogen-bond acceptors (Lipinski definition) is 1. The summed E-state index contributed by atoms with van der Waals surface area (Å²) in [6, 6.07) is -5.18. The Morgan fingerprint density at radius 2 is 1.33 bits per heavy atom. The molecular weight excluding hydrogens is 302 g/mol. The molecule has 126 valence electrons. The number of alkyl halides is 6. The minimum atomic E-state index is -5.57. The number of unbranched alkanes of at least 4 members (excludes halogenated alkanes) is 2. The third-order valence-corrected chi connectivity index (χ3v) is 2.77. The number of rotatable bonds is 7. The molecule has 0 aliphatic carbocycles. The Labute approximate surface area is 119 Å². The molecule has 0 heterocycles. The molecule has 0 fully saturated rings. The van der Waals surface area contributed by atoms with Gasteiger partial charge in [-0.25, -0.2) is 4.79 Å². The highest BCUT2D eigenvalue weighted by Crippen LogP contribution is 2.33. The molecule has 0 radical (unpaired) electrons. The minimum Gasteiger partial charge on any atom is -0.325 e.